The normalized spacial score (nSPS) is 10.8. The fourth-order valence-corrected chi connectivity index (χ4v) is 4.42. The number of carbonyl (C=O) groups is 1. The number of aromatic nitrogens is 3. The van der Waals surface area contributed by atoms with E-state index in [2.05, 4.69) is 22.4 Å². The number of rotatable bonds is 6. The third kappa shape index (κ3) is 4.36. The quantitative estimate of drug-likeness (QED) is 0.460. The minimum Gasteiger partial charge on any atom is -0.497 e. The van der Waals surface area contributed by atoms with Gasteiger partial charge < -0.3 is 10.1 Å². The second kappa shape index (κ2) is 8.73. The number of amides is 1. The number of thiazole rings is 1. The van der Waals surface area contributed by atoms with Gasteiger partial charge in [-0.15, -0.1) is 0 Å². The standard InChI is InChI=1S/C24H24N4O2S/c1-15-21(14-18-10-12-20(30-4)13-11-18)17(3)28(27-15)24-25-16(2)22(31-24)23(29)26-19-8-6-5-7-9-19/h5-13H,14H2,1-4H3,(H,26,29). The lowest BCUT2D eigenvalue weighted by Gasteiger charge is -2.05. The predicted octanol–water partition coefficient (Wildman–Crippen LogP) is 5.11. The summed E-state index contributed by atoms with van der Waals surface area (Å²) < 4.78 is 7.08. The Hall–Kier alpha value is -3.45. The van der Waals surface area contributed by atoms with Crippen molar-refractivity contribution >= 4 is 22.9 Å². The highest BCUT2D eigenvalue weighted by Gasteiger charge is 2.20. The Balaban J connectivity index is 1.59. The number of hydrogen-bond donors (Lipinski definition) is 1. The molecule has 0 radical (unpaired) electrons. The third-order valence-electron chi connectivity index (χ3n) is 5.19. The zero-order chi connectivity index (χ0) is 22.0. The molecule has 4 rings (SSSR count). The molecule has 0 aliphatic rings. The highest BCUT2D eigenvalue weighted by molar-refractivity contribution is 7.16. The summed E-state index contributed by atoms with van der Waals surface area (Å²) in [5.74, 6) is 0.680. The van der Waals surface area contributed by atoms with Gasteiger partial charge in [-0.3, -0.25) is 4.79 Å². The lowest BCUT2D eigenvalue weighted by atomic mass is 10.0. The Bertz CT molecular complexity index is 1210. The molecule has 0 saturated carbocycles. The number of methoxy groups -OCH3 is 1. The third-order valence-corrected chi connectivity index (χ3v) is 6.32. The summed E-state index contributed by atoms with van der Waals surface area (Å²) in [6, 6.07) is 17.5. The molecule has 0 aliphatic heterocycles. The molecule has 0 fully saturated rings. The van der Waals surface area contributed by atoms with Crippen molar-refractivity contribution in [2.75, 3.05) is 12.4 Å². The van der Waals surface area contributed by atoms with Gasteiger partial charge in [-0.2, -0.15) is 5.10 Å². The van der Waals surface area contributed by atoms with Crippen LogP contribution in [0.4, 0.5) is 5.69 Å². The van der Waals surface area contributed by atoms with Gasteiger partial charge in [0.2, 0.25) is 5.13 Å². The van der Waals surface area contributed by atoms with Gasteiger partial charge >= 0.3 is 0 Å². The summed E-state index contributed by atoms with van der Waals surface area (Å²) >= 11 is 1.35. The maximum Gasteiger partial charge on any atom is 0.267 e. The van der Waals surface area contributed by atoms with Gasteiger partial charge in [0.1, 0.15) is 10.6 Å². The molecule has 1 N–H and O–H groups in total. The largest absolute Gasteiger partial charge is 0.497 e. The van der Waals surface area contributed by atoms with Gasteiger partial charge in [0.15, 0.2) is 0 Å². The first-order chi connectivity index (χ1) is 15.0. The molecule has 158 valence electrons. The Morgan fingerprint density at radius 1 is 1.03 bits per heavy atom. The molecule has 0 bridgehead atoms. The molecule has 6 nitrogen and oxygen atoms in total. The van der Waals surface area contributed by atoms with Crippen molar-refractivity contribution in [1.82, 2.24) is 14.8 Å². The molecule has 0 spiro atoms. The average Bonchev–Trinajstić information content (AvgIpc) is 3.29. The lowest BCUT2D eigenvalue weighted by molar-refractivity contribution is 0.103. The second-order valence-electron chi connectivity index (χ2n) is 7.32. The summed E-state index contributed by atoms with van der Waals surface area (Å²) in [4.78, 5) is 18.0. The highest BCUT2D eigenvalue weighted by Crippen LogP contribution is 2.27. The van der Waals surface area contributed by atoms with Crippen molar-refractivity contribution in [3.63, 3.8) is 0 Å². The summed E-state index contributed by atoms with van der Waals surface area (Å²) in [5.41, 5.74) is 5.78. The number of para-hydroxylation sites is 1. The molecule has 2 aromatic heterocycles. The van der Waals surface area contributed by atoms with Crippen LogP contribution >= 0.6 is 11.3 Å². The van der Waals surface area contributed by atoms with E-state index in [0.29, 0.717) is 15.7 Å². The maximum atomic E-state index is 12.7. The Labute approximate surface area is 185 Å². The van der Waals surface area contributed by atoms with Gasteiger partial charge in [0.05, 0.1) is 18.5 Å². The summed E-state index contributed by atoms with van der Waals surface area (Å²) in [5, 5.41) is 8.34. The highest BCUT2D eigenvalue weighted by atomic mass is 32.1. The van der Waals surface area contributed by atoms with E-state index in [1.165, 1.54) is 16.9 Å². The van der Waals surface area contributed by atoms with Crippen molar-refractivity contribution in [2.45, 2.75) is 27.2 Å². The number of ether oxygens (including phenoxy) is 1. The van der Waals surface area contributed by atoms with Crippen molar-refractivity contribution < 1.29 is 9.53 Å². The lowest BCUT2D eigenvalue weighted by Crippen LogP contribution is -2.11. The van der Waals surface area contributed by atoms with Crippen LogP contribution in [-0.2, 0) is 6.42 Å². The Morgan fingerprint density at radius 3 is 2.42 bits per heavy atom. The number of anilines is 1. The minimum atomic E-state index is -0.160. The first-order valence-corrected chi connectivity index (χ1v) is 10.8. The summed E-state index contributed by atoms with van der Waals surface area (Å²) in [7, 11) is 1.66. The van der Waals surface area contributed by atoms with E-state index in [0.717, 1.165) is 34.8 Å². The molecule has 4 aromatic rings. The molecule has 2 heterocycles. The molecular weight excluding hydrogens is 408 g/mol. The Kier molecular flexibility index (Phi) is 5.86. The van der Waals surface area contributed by atoms with Gasteiger partial charge in [0, 0.05) is 23.4 Å². The van der Waals surface area contributed by atoms with Crippen LogP contribution in [0.5, 0.6) is 5.75 Å². The second-order valence-corrected chi connectivity index (χ2v) is 8.29. The number of aryl methyl sites for hydroxylation is 2. The van der Waals surface area contributed by atoms with Crippen molar-refractivity contribution in [3.8, 4) is 10.9 Å². The van der Waals surface area contributed by atoms with Crippen LogP contribution in [0.2, 0.25) is 0 Å². The van der Waals surface area contributed by atoms with Crippen molar-refractivity contribution in [3.05, 3.63) is 87.7 Å². The van der Waals surface area contributed by atoms with Gasteiger partial charge in [0.25, 0.3) is 5.91 Å². The van der Waals surface area contributed by atoms with E-state index in [4.69, 9.17) is 9.84 Å². The molecule has 7 heteroatoms. The van der Waals surface area contributed by atoms with E-state index in [-0.39, 0.29) is 5.91 Å². The average molecular weight is 433 g/mol. The van der Waals surface area contributed by atoms with Gasteiger partial charge in [-0.05, 0) is 50.6 Å². The van der Waals surface area contributed by atoms with E-state index >= 15 is 0 Å². The molecule has 0 aliphatic carbocycles. The van der Waals surface area contributed by atoms with E-state index in [1.807, 2.05) is 67.9 Å². The number of benzene rings is 2. The van der Waals surface area contributed by atoms with E-state index in [9.17, 15) is 4.79 Å². The predicted molar refractivity (Wildman–Crippen MR) is 124 cm³/mol. The maximum absolute atomic E-state index is 12.7. The fraction of sp³-hybridized carbons (Fsp3) is 0.208. The summed E-state index contributed by atoms with van der Waals surface area (Å²) in [6.45, 7) is 5.90. The molecular formula is C24H24N4O2S. The molecule has 0 unspecified atom stereocenters. The van der Waals surface area contributed by atoms with E-state index in [1.54, 1.807) is 7.11 Å². The van der Waals surface area contributed by atoms with Crippen LogP contribution in [0.25, 0.3) is 5.13 Å². The van der Waals surface area contributed by atoms with Crippen molar-refractivity contribution in [1.29, 1.82) is 0 Å². The number of nitrogens with zero attached hydrogens (tertiary/aromatic N) is 3. The smallest absolute Gasteiger partial charge is 0.267 e. The van der Waals surface area contributed by atoms with Crippen LogP contribution in [0.15, 0.2) is 54.6 Å². The zero-order valence-corrected chi connectivity index (χ0v) is 18.8. The Morgan fingerprint density at radius 2 is 1.74 bits per heavy atom. The SMILES string of the molecule is COc1ccc(Cc2c(C)nn(-c3nc(C)c(C(=O)Nc4ccccc4)s3)c2C)cc1. The van der Waals surface area contributed by atoms with Crippen LogP contribution < -0.4 is 10.1 Å². The number of hydrogen-bond acceptors (Lipinski definition) is 5. The molecule has 1 amide bonds. The number of nitrogens with one attached hydrogen (secondary N) is 1. The van der Waals surface area contributed by atoms with Gasteiger partial charge in [-0.25, -0.2) is 9.67 Å². The molecule has 0 atom stereocenters. The monoisotopic (exact) mass is 432 g/mol. The summed E-state index contributed by atoms with van der Waals surface area (Å²) in [6.07, 6.45) is 0.771. The minimum absolute atomic E-state index is 0.160. The first kappa shape index (κ1) is 20.8. The van der Waals surface area contributed by atoms with Crippen LogP contribution in [-0.4, -0.2) is 27.8 Å². The van der Waals surface area contributed by atoms with Crippen LogP contribution in [0.3, 0.4) is 0 Å². The molecule has 0 saturated heterocycles. The topological polar surface area (TPSA) is 69.0 Å². The zero-order valence-electron chi connectivity index (χ0n) is 18.0. The first-order valence-electron chi connectivity index (χ1n) is 9.98. The molecule has 2 aromatic carbocycles. The van der Waals surface area contributed by atoms with Crippen LogP contribution in [0, 0.1) is 20.8 Å². The van der Waals surface area contributed by atoms with E-state index < -0.39 is 0 Å². The van der Waals surface area contributed by atoms with Gasteiger partial charge in [-0.1, -0.05) is 41.7 Å². The van der Waals surface area contributed by atoms with Crippen LogP contribution in [0.1, 0.15) is 37.9 Å². The van der Waals surface area contributed by atoms with Crippen molar-refractivity contribution in [2.24, 2.45) is 0 Å². The molecule has 31 heavy (non-hydrogen) atoms. The fourth-order valence-electron chi connectivity index (χ4n) is 3.46. The number of carbonyl (C=O) groups excluding carboxylic acids is 1.